The normalized spacial score (nSPS) is 13.4. The van der Waals surface area contributed by atoms with Gasteiger partial charge in [-0.3, -0.25) is 14.2 Å². The van der Waals surface area contributed by atoms with Crippen molar-refractivity contribution in [3.05, 3.63) is 57.5 Å². The van der Waals surface area contributed by atoms with Crippen LogP contribution in [0.2, 0.25) is 0 Å². The molecule has 25 heavy (non-hydrogen) atoms. The molecule has 0 aliphatic carbocycles. The zero-order chi connectivity index (χ0) is 18.1. The molecule has 1 aliphatic heterocycles. The minimum atomic E-state index is -1.23. The Morgan fingerprint density at radius 2 is 1.96 bits per heavy atom. The second-order valence-electron chi connectivity index (χ2n) is 5.85. The molecule has 0 radical (unpaired) electrons. The summed E-state index contributed by atoms with van der Waals surface area (Å²) in [7, 11) is 0. The van der Waals surface area contributed by atoms with Gasteiger partial charge < -0.3 is 10.0 Å². The second-order valence-corrected chi connectivity index (χ2v) is 6.70. The number of para-hydroxylation sites is 1. The first-order chi connectivity index (χ1) is 11.9. The summed E-state index contributed by atoms with van der Waals surface area (Å²) in [4.78, 5) is 38.8. The van der Waals surface area contributed by atoms with E-state index >= 15 is 0 Å². The number of rotatable bonds is 3. The molecule has 1 amide bonds. The number of benzene rings is 1. The van der Waals surface area contributed by atoms with Crippen LogP contribution in [0.5, 0.6) is 0 Å². The zero-order valence-corrected chi connectivity index (χ0v) is 14.8. The van der Waals surface area contributed by atoms with Gasteiger partial charge in [-0.25, -0.2) is 4.79 Å². The lowest BCUT2D eigenvalue weighted by molar-refractivity contribution is -0.129. The standard InChI is InChI=1S/C18H18N2O4S/c1-11(21)19-8-7-13-12(9-19)10-20(17(22)16(13)18(23)24)14-5-3-4-6-15(14)25-2/h3-6,10H,7-9H2,1-2H3,(H,23,24). The number of fused-ring (bicyclic) bond motifs is 1. The lowest BCUT2D eigenvalue weighted by Gasteiger charge is -2.29. The van der Waals surface area contributed by atoms with Crippen LogP contribution >= 0.6 is 11.8 Å². The fourth-order valence-corrected chi connectivity index (χ4v) is 3.74. The minimum Gasteiger partial charge on any atom is -0.477 e. The highest BCUT2D eigenvalue weighted by molar-refractivity contribution is 7.98. The smallest absolute Gasteiger partial charge is 0.341 e. The van der Waals surface area contributed by atoms with Crippen molar-refractivity contribution in [1.82, 2.24) is 9.47 Å². The molecule has 7 heteroatoms. The van der Waals surface area contributed by atoms with Crippen LogP contribution in [0.3, 0.4) is 0 Å². The molecule has 0 fully saturated rings. The number of hydrogen-bond donors (Lipinski definition) is 1. The van der Waals surface area contributed by atoms with E-state index in [9.17, 15) is 19.5 Å². The van der Waals surface area contributed by atoms with E-state index in [4.69, 9.17) is 0 Å². The molecule has 0 bridgehead atoms. The number of thioether (sulfide) groups is 1. The molecule has 1 aromatic carbocycles. The van der Waals surface area contributed by atoms with Crippen LogP contribution in [-0.4, -0.2) is 39.3 Å². The zero-order valence-electron chi connectivity index (χ0n) is 14.0. The number of carboxylic acids is 1. The van der Waals surface area contributed by atoms with Crippen LogP contribution in [0.15, 0.2) is 40.2 Å². The van der Waals surface area contributed by atoms with Gasteiger partial charge in [0.25, 0.3) is 5.56 Å². The Balaban J connectivity index is 2.26. The van der Waals surface area contributed by atoms with E-state index in [1.807, 2.05) is 24.5 Å². The van der Waals surface area contributed by atoms with E-state index in [0.29, 0.717) is 36.3 Å². The Kier molecular flexibility index (Phi) is 4.67. The first-order valence-electron chi connectivity index (χ1n) is 7.83. The molecule has 0 unspecified atom stereocenters. The van der Waals surface area contributed by atoms with Gasteiger partial charge in [0.05, 0.1) is 5.69 Å². The van der Waals surface area contributed by atoms with E-state index in [-0.39, 0.29) is 11.5 Å². The Bertz CT molecular complexity index is 920. The molecule has 0 saturated carbocycles. The molecule has 2 aromatic rings. The van der Waals surface area contributed by atoms with Gasteiger partial charge in [-0.1, -0.05) is 12.1 Å². The number of carboxylic acid groups (broad SMARTS) is 1. The van der Waals surface area contributed by atoms with Crippen molar-refractivity contribution in [2.75, 3.05) is 12.8 Å². The summed E-state index contributed by atoms with van der Waals surface area (Å²) in [5.74, 6) is -1.29. The van der Waals surface area contributed by atoms with Gasteiger partial charge in [0.1, 0.15) is 5.56 Å². The van der Waals surface area contributed by atoms with Gasteiger partial charge in [-0.15, -0.1) is 11.8 Å². The fraction of sp³-hybridized carbons (Fsp3) is 0.278. The predicted molar refractivity (Wildman–Crippen MR) is 95.6 cm³/mol. The molecular weight excluding hydrogens is 340 g/mol. The van der Waals surface area contributed by atoms with Crippen LogP contribution < -0.4 is 5.56 Å². The quantitative estimate of drug-likeness (QED) is 0.851. The molecule has 3 rings (SSSR count). The van der Waals surface area contributed by atoms with E-state index < -0.39 is 11.5 Å². The second kappa shape index (κ2) is 6.76. The molecule has 0 atom stereocenters. The number of aromatic nitrogens is 1. The maximum atomic E-state index is 12.9. The van der Waals surface area contributed by atoms with Gasteiger partial charge in [0.15, 0.2) is 0 Å². The number of hydrogen-bond acceptors (Lipinski definition) is 4. The summed E-state index contributed by atoms with van der Waals surface area (Å²) >= 11 is 1.48. The van der Waals surface area contributed by atoms with Crippen molar-refractivity contribution in [2.45, 2.75) is 24.8 Å². The average molecular weight is 358 g/mol. The average Bonchev–Trinajstić information content (AvgIpc) is 2.60. The van der Waals surface area contributed by atoms with Crippen molar-refractivity contribution in [2.24, 2.45) is 0 Å². The van der Waals surface area contributed by atoms with Gasteiger partial charge in [0.2, 0.25) is 5.91 Å². The molecule has 0 saturated heterocycles. The number of nitrogens with zero attached hydrogens (tertiary/aromatic N) is 2. The summed E-state index contributed by atoms with van der Waals surface area (Å²) in [5.41, 5.74) is 1.15. The summed E-state index contributed by atoms with van der Waals surface area (Å²) in [6.07, 6.45) is 3.95. The largest absolute Gasteiger partial charge is 0.477 e. The maximum Gasteiger partial charge on any atom is 0.341 e. The molecule has 2 heterocycles. The van der Waals surface area contributed by atoms with Crippen LogP contribution in [0.1, 0.15) is 28.4 Å². The first kappa shape index (κ1) is 17.3. The highest BCUT2D eigenvalue weighted by Gasteiger charge is 2.27. The van der Waals surface area contributed by atoms with Crippen LogP contribution in [0.4, 0.5) is 0 Å². The molecule has 1 aromatic heterocycles. The Labute approximate surface area is 149 Å². The minimum absolute atomic E-state index is 0.0650. The van der Waals surface area contributed by atoms with Gasteiger partial charge in [-0.2, -0.15) is 0 Å². The predicted octanol–water partition coefficient (Wildman–Crippen LogP) is 2.16. The van der Waals surface area contributed by atoms with Crippen molar-refractivity contribution < 1.29 is 14.7 Å². The summed E-state index contributed by atoms with van der Waals surface area (Å²) in [6.45, 7) is 2.22. The molecular formula is C18H18N2O4S. The number of carbonyl (C=O) groups is 2. The van der Waals surface area contributed by atoms with Gasteiger partial charge >= 0.3 is 5.97 Å². The van der Waals surface area contributed by atoms with Crippen LogP contribution in [0, 0.1) is 0 Å². The third-order valence-corrected chi connectivity index (χ3v) is 5.19. The Morgan fingerprint density at radius 1 is 1.24 bits per heavy atom. The van der Waals surface area contributed by atoms with Gasteiger partial charge in [0, 0.05) is 31.1 Å². The van der Waals surface area contributed by atoms with Crippen molar-refractivity contribution >= 4 is 23.6 Å². The van der Waals surface area contributed by atoms with E-state index in [2.05, 4.69) is 0 Å². The highest BCUT2D eigenvalue weighted by Crippen LogP contribution is 2.26. The van der Waals surface area contributed by atoms with Crippen molar-refractivity contribution in [3.8, 4) is 5.69 Å². The molecule has 0 spiro atoms. The highest BCUT2D eigenvalue weighted by atomic mass is 32.2. The van der Waals surface area contributed by atoms with E-state index in [1.165, 1.54) is 23.3 Å². The lowest BCUT2D eigenvalue weighted by atomic mass is 9.96. The van der Waals surface area contributed by atoms with Crippen molar-refractivity contribution in [3.63, 3.8) is 0 Å². The van der Waals surface area contributed by atoms with Crippen molar-refractivity contribution in [1.29, 1.82) is 0 Å². The molecule has 130 valence electrons. The molecule has 1 aliphatic rings. The van der Waals surface area contributed by atoms with Crippen LogP contribution in [0.25, 0.3) is 5.69 Å². The number of amides is 1. The SMILES string of the molecule is CSc1ccccc1-n1cc2c(c(C(=O)O)c1=O)CCN(C(C)=O)C2. The number of carbonyl (C=O) groups excluding carboxylic acids is 1. The van der Waals surface area contributed by atoms with E-state index in [1.54, 1.807) is 17.2 Å². The summed E-state index contributed by atoms with van der Waals surface area (Å²) in [5, 5.41) is 9.60. The third-order valence-electron chi connectivity index (χ3n) is 4.40. The molecule has 6 nitrogen and oxygen atoms in total. The number of pyridine rings is 1. The van der Waals surface area contributed by atoms with E-state index in [0.717, 1.165) is 4.90 Å². The van der Waals surface area contributed by atoms with Crippen LogP contribution in [-0.2, 0) is 17.8 Å². The Morgan fingerprint density at radius 3 is 2.60 bits per heavy atom. The molecule has 1 N–H and O–H groups in total. The fourth-order valence-electron chi connectivity index (χ4n) is 3.15. The topological polar surface area (TPSA) is 79.6 Å². The Hall–Kier alpha value is -2.54. The third kappa shape index (κ3) is 3.07. The first-order valence-corrected chi connectivity index (χ1v) is 9.06. The maximum absolute atomic E-state index is 12.9. The summed E-state index contributed by atoms with van der Waals surface area (Å²) in [6, 6.07) is 7.35. The number of aromatic carboxylic acids is 1. The lowest BCUT2D eigenvalue weighted by Crippen LogP contribution is -2.38. The summed E-state index contributed by atoms with van der Waals surface area (Å²) < 4.78 is 1.39. The van der Waals surface area contributed by atoms with Gasteiger partial charge in [-0.05, 0) is 35.9 Å². The monoisotopic (exact) mass is 358 g/mol.